The van der Waals surface area contributed by atoms with Gasteiger partial charge in [0.15, 0.2) is 5.76 Å². The summed E-state index contributed by atoms with van der Waals surface area (Å²) >= 11 is 0. The van der Waals surface area contributed by atoms with Crippen LogP contribution in [0.15, 0.2) is 28.8 Å². The first-order chi connectivity index (χ1) is 11.6. The Morgan fingerprint density at radius 2 is 2.00 bits per heavy atom. The summed E-state index contributed by atoms with van der Waals surface area (Å²) in [5.74, 6) is 2.07. The number of ether oxygens (including phenoxy) is 2. The van der Waals surface area contributed by atoms with Crippen molar-refractivity contribution in [3.63, 3.8) is 0 Å². The number of aromatic nitrogens is 1. The van der Waals surface area contributed by atoms with E-state index in [1.54, 1.807) is 25.2 Å². The van der Waals surface area contributed by atoms with Crippen LogP contribution in [0.4, 0.5) is 0 Å². The third kappa shape index (κ3) is 4.07. The Balaban J connectivity index is 2.22. The summed E-state index contributed by atoms with van der Waals surface area (Å²) in [6, 6.07) is 7.34. The predicted molar refractivity (Wildman–Crippen MR) is 91.0 cm³/mol. The molecule has 1 heterocycles. The topological polar surface area (TPSA) is 64.8 Å². The number of carbonyl (C=O) groups excluding carboxylic acids is 1. The molecule has 0 aliphatic heterocycles. The minimum absolute atomic E-state index is 0.114. The number of rotatable bonds is 8. The second-order valence-corrected chi connectivity index (χ2v) is 5.42. The second kappa shape index (κ2) is 8.38. The molecule has 130 valence electrons. The molecule has 6 nitrogen and oxygen atoms in total. The quantitative estimate of drug-likeness (QED) is 0.740. The molecule has 0 bridgehead atoms. The number of hydrogen-bond donors (Lipinski definition) is 0. The molecule has 1 aromatic heterocycles. The summed E-state index contributed by atoms with van der Waals surface area (Å²) in [7, 11) is 3.20. The molecule has 2 aromatic rings. The first-order valence-corrected chi connectivity index (χ1v) is 8.08. The van der Waals surface area contributed by atoms with E-state index in [1.165, 1.54) is 0 Å². The van der Waals surface area contributed by atoms with Crippen LogP contribution in [0.3, 0.4) is 0 Å². The molecule has 0 aliphatic rings. The maximum atomic E-state index is 12.0. The summed E-state index contributed by atoms with van der Waals surface area (Å²) in [5.41, 5.74) is 1.51. The normalized spacial score (nSPS) is 10.5. The lowest BCUT2D eigenvalue weighted by molar-refractivity contribution is -0.131. The van der Waals surface area contributed by atoms with Gasteiger partial charge >= 0.3 is 0 Å². The SMILES string of the molecule is CCCN(Cc1cc(-c2ccc(OC)cc2OC)on1)C(=O)CC. The zero-order valence-electron chi connectivity index (χ0n) is 14.7. The lowest BCUT2D eigenvalue weighted by atomic mass is 10.1. The van der Waals surface area contributed by atoms with Crippen LogP contribution in [0.2, 0.25) is 0 Å². The average molecular weight is 332 g/mol. The molecule has 24 heavy (non-hydrogen) atoms. The van der Waals surface area contributed by atoms with Gasteiger partial charge in [0, 0.05) is 25.1 Å². The van der Waals surface area contributed by atoms with E-state index in [-0.39, 0.29) is 5.91 Å². The fourth-order valence-electron chi connectivity index (χ4n) is 2.50. The van der Waals surface area contributed by atoms with Gasteiger partial charge in [-0.3, -0.25) is 4.79 Å². The van der Waals surface area contributed by atoms with Gasteiger partial charge in [-0.1, -0.05) is 19.0 Å². The van der Waals surface area contributed by atoms with Crippen LogP contribution in [-0.4, -0.2) is 36.7 Å². The average Bonchev–Trinajstić information content (AvgIpc) is 3.08. The summed E-state index contributed by atoms with van der Waals surface area (Å²) in [4.78, 5) is 13.8. The Hall–Kier alpha value is -2.50. The molecule has 1 amide bonds. The van der Waals surface area contributed by atoms with Crippen LogP contribution < -0.4 is 9.47 Å². The highest BCUT2D eigenvalue weighted by Crippen LogP contribution is 2.33. The van der Waals surface area contributed by atoms with E-state index in [9.17, 15) is 4.79 Å². The fourth-order valence-corrected chi connectivity index (χ4v) is 2.50. The van der Waals surface area contributed by atoms with Gasteiger partial charge in [0.25, 0.3) is 0 Å². The van der Waals surface area contributed by atoms with Gasteiger partial charge in [-0.05, 0) is 18.6 Å². The molecule has 1 aromatic carbocycles. The highest BCUT2D eigenvalue weighted by Gasteiger charge is 2.16. The van der Waals surface area contributed by atoms with Crippen LogP contribution in [0.25, 0.3) is 11.3 Å². The van der Waals surface area contributed by atoms with Crippen LogP contribution in [-0.2, 0) is 11.3 Å². The smallest absolute Gasteiger partial charge is 0.222 e. The number of methoxy groups -OCH3 is 2. The van der Waals surface area contributed by atoms with Gasteiger partial charge in [0.05, 0.1) is 26.3 Å². The third-order valence-corrected chi connectivity index (χ3v) is 3.73. The van der Waals surface area contributed by atoms with Gasteiger partial charge < -0.3 is 18.9 Å². The standard InChI is InChI=1S/C18H24N2O4/c1-5-9-20(18(21)6-2)12-13-10-17(24-19-13)15-8-7-14(22-3)11-16(15)23-4/h7-8,10-11H,5-6,9,12H2,1-4H3. The van der Waals surface area contributed by atoms with Crippen molar-refractivity contribution >= 4 is 5.91 Å². The maximum Gasteiger partial charge on any atom is 0.222 e. The molecule has 0 unspecified atom stereocenters. The van der Waals surface area contributed by atoms with Crippen molar-refractivity contribution in [3.8, 4) is 22.8 Å². The van der Waals surface area contributed by atoms with Crippen molar-refractivity contribution in [3.05, 3.63) is 30.0 Å². The second-order valence-electron chi connectivity index (χ2n) is 5.42. The molecule has 0 atom stereocenters. The lowest BCUT2D eigenvalue weighted by Gasteiger charge is -2.19. The monoisotopic (exact) mass is 332 g/mol. The van der Waals surface area contributed by atoms with Crippen molar-refractivity contribution in [2.75, 3.05) is 20.8 Å². The van der Waals surface area contributed by atoms with Gasteiger partial charge in [0.1, 0.15) is 17.2 Å². The zero-order valence-corrected chi connectivity index (χ0v) is 14.7. The molecule has 2 rings (SSSR count). The number of carbonyl (C=O) groups is 1. The van der Waals surface area contributed by atoms with Crippen molar-refractivity contribution in [2.24, 2.45) is 0 Å². The van der Waals surface area contributed by atoms with Crippen molar-refractivity contribution in [1.29, 1.82) is 0 Å². The summed E-state index contributed by atoms with van der Waals surface area (Å²) in [5, 5.41) is 4.09. The third-order valence-electron chi connectivity index (χ3n) is 3.73. The van der Waals surface area contributed by atoms with E-state index >= 15 is 0 Å². The summed E-state index contributed by atoms with van der Waals surface area (Å²) in [6.45, 7) is 5.07. The highest BCUT2D eigenvalue weighted by atomic mass is 16.5. The van der Waals surface area contributed by atoms with Gasteiger partial charge in [0.2, 0.25) is 5.91 Å². The Bertz CT molecular complexity index is 681. The number of nitrogens with zero attached hydrogens (tertiary/aromatic N) is 2. The van der Waals surface area contributed by atoms with E-state index in [4.69, 9.17) is 14.0 Å². The minimum atomic E-state index is 0.114. The molecule has 0 fully saturated rings. The largest absolute Gasteiger partial charge is 0.497 e. The number of amides is 1. The molecule has 6 heteroatoms. The van der Waals surface area contributed by atoms with Crippen molar-refractivity contribution in [2.45, 2.75) is 33.2 Å². The Labute approximate surface area is 142 Å². The summed E-state index contributed by atoms with van der Waals surface area (Å²) < 4.78 is 16.0. The molecule has 0 aliphatic carbocycles. The molecular weight excluding hydrogens is 308 g/mol. The lowest BCUT2D eigenvalue weighted by Crippen LogP contribution is -2.30. The van der Waals surface area contributed by atoms with E-state index < -0.39 is 0 Å². The minimum Gasteiger partial charge on any atom is -0.497 e. The highest BCUT2D eigenvalue weighted by molar-refractivity contribution is 5.75. The van der Waals surface area contributed by atoms with Gasteiger partial charge in [-0.2, -0.15) is 0 Å². The fraction of sp³-hybridized carbons (Fsp3) is 0.444. The van der Waals surface area contributed by atoms with E-state index in [0.29, 0.717) is 36.8 Å². The molecule has 0 radical (unpaired) electrons. The molecule has 0 saturated heterocycles. The van der Waals surface area contributed by atoms with Crippen LogP contribution in [0, 0.1) is 0 Å². The van der Waals surface area contributed by atoms with Gasteiger partial charge in [-0.25, -0.2) is 0 Å². The Kier molecular flexibility index (Phi) is 6.23. The maximum absolute atomic E-state index is 12.0. The van der Waals surface area contributed by atoms with Crippen LogP contribution in [0.5, 0.6) is 11.5 Å². The Morgan fingerprint density at radius 3 is 2.62 bits per heavy atom. The summed E-state index contributed by atoms with van der Waals surface area (Å²) in [6.07, 6.45) is 1.39. The van der Waals surface area contributed by atoms with Gasteiger partial charge in [-0.15, -0.1) is 0 Å². The molecular formula is C18H24N2O4. The molecule has 0 spiro atoms. The number of benzene rings is 1. The van der Waals surface area contributed by atoms with Crippen LogP contribution in [0.1, 0.15) is 32.4 Å². The Morgan fingerprint density at radius 1 is 1.21 bits per heavy atom. The molecule has 0 N–H and O–H groups in total. The van der Waals surface area contributed by atoms with E-state index in [1.807, 2.05) is 32.0 Å². The van der Waals surface area contributed by atoms with Crippen LogP contribution >= 0.6 is 0 Å². The predicted octanol–water partition coefficient (Wildman–Crippen LogP) is 3.51. The van der Waals surface area contributed by atoms with E-state index in [0.717, 1.165) is 17.7 Å². The molecule has 0 saturated carbocycles. The number of hydrogen-bond acceptors (Lipinski definition) is 5. The van der Waals surface area contributed by atoms with Crippen molar-refractivity contribution in [1.82, 2.24) is 10.1 Å². The van der Waals surface area contributed by atoms with E-state index in [2.05, 4.69) is 5.16 Å². The van der Waals surface area contributed by atoms with Crippen molar-refractivity contribution < 1.29 is 18.8 Å². The first kappa shape index (κ1) is 17.8. The first-order valence-electron chi connectivity index (χ1n) is 8.08. The zero-order chi connectivity index (χ0) is 17.5.